The summed E-state index contributed by atoms with van der Waals surface area (Å²) in [7, 11) is -2.20. The summed E-state index contributed by atoms with van der Waals surface area (Å²) >= 11 is 0. The maximum atomic E-state index is 13.8. The number of sulfonamides is 1. The number of rotatable bonds is 10. The highest BCUT2D eigenvalue weighted by atomic mass is 32.2. The molecule has 2 aromatic carbocycles. The van der Waals surface area contributed by atoms with E-state index in [1.54, 1.807) is 0 Å². The molecule has 0 saturated heterocycles. The van der Waals surface area contributed by atoms with Crippen molar-refractivity contribution >= 4 is 15.9 Å². The molecule has 0 aromatic heterocycles. The molecule has 2 aliphatic rings. The third-order valence-corrected chi connectivity index (χ3v) is 10.3. The number of fused-ring (bicyclic) bond motifs is 5. The lowest BCUT2D eigenvalue weighted by Crippen LogP contribution is -2.55. The van der Waals surface area contributed by atoms with Gasteiger partial charge in [-0.3, -0.25) is 4.79 Å². The van der Waals surface area contributed by atoms with Crippen LogP contribution >= 0.6 is 0 Å². The molecule has 242 valence electrons. The van der Waals surface area contributed by atoms with Gasteiger partial charge in [-0.2, -0.15) is 4.31 Å². The minimum atomic E-state index is -3.67. The highest BCUT2D eigenvalue weighted by molar-refractivity contribution is 7.89. The van der Waals surface area contributed by atoms with Gasteiger partial charge in [0.1, 0.15) is 11.8 Å². The van der Waals surface area contributed by atoms with E-state index >= 15 is 0 Å². The van der Waals surface area contributed by atoms with Gasteiger partial charge in [0.2, 0.25) is 15.9 Å². The number of carbonyl (C=O) groups excluding carboxylic acids is 1. The van der Waals surface area contributed by atoms with Crippen LogP contribution in [0.3, 0.4) is 0 Å². The highest BCUT2D eigenvalue weighted by Crippen LogP contribution is 2.42. The number of nitrogens with one attached hydrogen (secondary N) is 2. The summed E-state index contributed by atoms with van der Waals surface area (Å²) in [6.07, 6.45) is 6.13. The average molecular weight is 628 g/mol. The molecule has 0 radical (unpaired) electrons. The number of benzene rings is 2. The Morgan fingerprint density at radius 3 is 2.59 bits per heavy atom. The third-order valence-electron chi connectivity index (χ3n) is 8.37. The number of likely N-dealkylation sites (N-methyl/N-ethyl adjacent to an activating group) is 1. The van der Waals surface area contributed by atoms with Crippen molar-refractivity contribution in [3.05, 3.63) is 77.4 Å². The zero-order valence-electron chi connectivity index (χ0n) is 26.4. The molecular formula is C34H49N3O6S. The van der Waals surface area contributed by atoms with Gasteiger partial charge in [0, 0.05) is 19.6 Å². The zero-order valence-corrected chi connectivity index (χ0v) is 27.3. The van der Waals surface area contributed by atoms with Crippen LogP contribution in [0.4, 0.5) is 0 Å². The molecule has 4 rings (SSSR count). The summed E-state index contributed by atoms with van der Waals surface area (Å²) < 4.78 is 39.9. The maximum absolute atomic E-state index is 13.8. The molecule has 0 spiro atoms. The van der Waals surface area contributed by atoms with Crippen molar-refractivity contribution in [3.63, 3.8) is 0 Å². The predicted molar refractivity (Wildman–Crippen MR) is 173 cm³/mol. The molecule has 1 aliphatic carbocycles. The third kappa shape index (κ3) is 9.14. The first-order valence-corrected chi connectivity index (χ1v) is 17.5. The first-order chi connectivity index (χ1) is 21.1. The summed E-state index contributed by atoms with van der Waals surface area (Å²) in [5.41, 5.74) is 3.12. The highest BCUT2D eigenvalue weighted by Gasteiger charge is 2.35. The Balaban J connectivity index is 1.63. The first kappa shape index (κ1) is 34.1. The Morgan fingerprint density at radius 1 is 1.09 bits per heavy atom. The van der Waals surface area contributed by atoms with Gasteiger partial charge in [-0.25, -0.2) is 8.42 Å². The average Bonchev–Trinajstić information content (AvgIpc) is 3.33. The second-order valence-electron chi connectivity index (χ2n) is 12.1. The van der Waals surface area contributed by atoms with Crippen LogP contribution in [0, 0.1) is 0 Å². The topological polar surface area (TPSA) is 117 Å². The van der Waals surface area contributed by atoms with Crippen LogP contribution in [-0.4, -0.2) is 74.0 Å². The van der Waals surface area contributed by atoms with Crippen molar-refractivity contribution in [2.45, 2.75) is 95.7 Å². The summed E-state index contributed by atoms with van der Waals surface area (Å²) in [5, 5.41) is 18.1. The summed E-state index contributed by atoms with van der Waals surface area (Å²) in [6.45, 7) is 6.55. The van der Waals surface area contributed by atoms with E-state index in [2.05, 4.69) is 16.7 Å². The van der Waals surface area contributed by atoms with Crippen molar-refractivity contribution < 1.29 is 27.8 Å². The van der Waals surface area contributed by atoms with Gasteiger partial charge in [0.05, 0.1) is 36.7 Å². The van der Waals surface area contributed by atoms with Crippen molar-refractivity contribution in [3.8, 4) is 5.75 Å². The lowest BCUT2D eigenvalue weighted by molar-refractivity contribution is -0.126. The minimum absolute atomic E-state index is 0.0136. The van der Waals surface area contributed by atoms with Crippen LogP contribution in [0.5, 0.6) is 5.75 Å². The van der Waals surface area contributed by atoms with Gasteiger partial charge in [-0.05, 0) is 68.4 Å². The molecule has 3 N–H and O–H groups in total. The van der Waals surface area contributed by atoms with Crippen LogP contribution in [0.15, 0.2) is 60.7 Å². The summed E-state index contributed by atoms with van der Waals surface area (Å²) in [5.74, 6) is 0.338. The molecule has 44 heavy (non-hydrogen) atoms. The second kappa shape index (κ2) is 16.0. The number of carbonyl (C=O) groups is 1. The van der Waals surface area contributed by atoms with Crippen LogP contribution in [-0.2, 0) is 26.0 Å². The molecule has 9 nitrogen and oxygen atoms in total. The number of hydrogen-bond donors (Lipinski definition) is 3. The Hall–Kier alpha value is -2.76. The van der Waals surface area contributed by atoms with Crippen LogP contribution in [0.1, 0.15) is 81.7 Å². The molecule has 1 amide bonds. The van der Waals surface area contributed by atoms with E-state index in [4.69, 9.17) is 9.47 Å². The van der Waals surface area contributed by atoms with E-state index in [1.807, 2.05) is 75.4 Å². The second-order valence-corrected chi connectivity index (χ2v) is 14.3. The van der Waals surface area contributed by atoms with Crippen LogP contribution in [0.25, 0.3) is 0 Å². The Morgan fingerprint density at radius 2 is 1.86 bits per heavy atom. The molecule has 1 aliphatic heterocycles. The van der Waals surface area contributed by atoms with E-state index in [0.717, 1.165) is 35.3 Å². The number of aliphatic hydroxyl groups excluding tert-OH is 1. The fourth-order valence-electron chi connectivity index (χ4n) is 5.91. The summed E-state index contributed by atoms with van der Waals surface area (Å²) in [4.78, 5) is 13.8. The molecular weight excluding hydrogens is 578 g/mol. The monoisotopic (exact) mass is 627 g/mol. The molecule has 2 aromatic rings. The van der Waals surface area contributed by atoms with E-state index in [-0.39, 0.29) is 37.0 Å². The van der Waals surface area contributed by atoms with Crippen molar-refractivity contribution in [2.24, 2.45) is 0 Å². The number of nitrogens with zero attached hydrogens (tertiary/aromatic N) is 1. The Bertz CT molecular complexity index is 1350. The summed E-state index contributed by atoms with van der Waals surface area (Å²) in [6, 6.07) is 14.1. The van der Waals surface area contributed by atoms with E-state index in [0.29, 0.717) is 25.9 Å². The molecule has 0 unspecified atom stereocenters. The first-order valence-electron chi connectivity index (χ1n) is 15.9. The maximum Gasteiger partial charge on any atom is 0.239 e. The van der Waals surface area contributed by atoms with Crippen molar-refractivity contribution in [1.29, 1.82) is 0 Å². The fraction of sp³-hybridized carbons (Fsp3) is 0.559. The molecule has 0 fully saturated rings. The quantitative estimate of drug-likeness (QED) is 0.264. The van der Waals surface area contributed by atoms with Crippen molar-refractivity contribution in [2.75, 3.05) is 26.0 Å². The predicted octanol–water partition coefficient (Wildman–Crippen LogP) is 4.43. The smallest absolute Gasteiger partial charge is 0.239 e. The van der Waals surface area contributed by atoms with Crippen LogP contribution < -0.4 is 15.4 Å². The van der Waals surface area contributed by atoms with Crippen LogP contribution in [0.2, 0.25) is 0 Å². The normalized spacial score (nSPS) is 24.9. The molecule has 5 atom stereocenters. The van der Waals surface area contributed by atoms with Gasteiger partial charge in [0.15, 0.2) is 0 Å². The van der Waals surface area contributed by atoms with Gasteiger partial charge in [0.25, 0.3) is 0 Å². The number of hydrogen-bond acceptors (Lipinski definition) is 7. The van der Waals surface area contributed by atoms with E-state index in [1.165, 1.54) is 11.4 Å². The van der Waals surface area contributed by atoms with Gasteiger partial charge >= 0.3 is 0 Å². The largest absolute Gasteiger partial charge is 0.491 e. The van der Waals surface area contributed by atoms with E-state index in [9.17, 15) is 18.3 Å². The number of unbranched alkanes of at least 4 members (excludes halogenated alkanes) is 2. The number of β-amino-alcohol motifs (C(OH)–C–C–N with tert-alkyl or cyclic N) is 1. The number of aliphatic hydroxyl groups is 1. The lowest BCUT2D eigenvalue weighted by atomic mass is 9.99. The lowest BCUT2D eigenvalue weighted by Gasteiger charge is -2.31. The minimum Gasteiger partial charge on any atom is -0.491 e. The van der Waals surface area contributed by atoms with Crippen molar-refractivity contribution in [1.82, 2.24) is 14.9 Å². The molecule has 2 bridgehead atoms. The van der Waals surface area contributed by atoms with E-state index < -0.39 is 34.1 Å². The molecule has 1 heterocycles. The number of amides is 1. The Kier molecular flexibility index (Phi) is 12.4. The van der Waals surface area contributed by atoms with Gasteiger partial charge in [-0.1, -0.05) is 68.3 Å². The Labute approximate surface area is 263 Å². The molecule has 0 saturated carbocycles. The van der Waals surface area contributed by atoms with Gasteiger partial charge in [-0.15, -0.1) is 0 Å². The zero-order chi connectivity index (χ0) is 31.7. The van der Waals surface area contributed by atoms with Gasteiger partial charge < -0.3 is 25.2 Å². The fourth-order valence-corrected chi connectivity index (χ4v) is 7.33. The molecule has 10 heteroatoms. The standard InChI is InChI=1S/C34H49N3O6S/c1-5-6-12-19-44(40,41)37(4)31-15-10-11-18-42-33-22-29(28-21-26(43-24(2)3)16-17-27(28)33)35-23-32(38)30(36-34(31)39)20-25-13-8-7-9-14-25/h7-11,13-14,16-17,21,24,29-33,35,38H,5-6,12,15,18-20,22-23H2,1-4H3,(H,36,39)/t29-,30-,31-,32+,33+/m0/s1. The SMILES string of the molecule is CCCCCS(=O)(=O)N(C)[C@H]1CC=CCO[C@@H]2C[C@H](NC[C@@H](O)[C@H](Cc3ccccc3)NC1=O)c1cc(OC(C)C)ccc12. The number of ether oxygens (including phenoxy) is 2.